The van der Waals surface area contributed by atoms with E-state index in [9.17, 15) is 14.0 Å². The Morgan fingerprint density at radius 2 is 1.72 bits per heavy atom. The molecule has 2 fully saturated rings. The highest BCUT2D eigenvalue weighted by molar-refractivity contribution is 6.05. The number of likely N-dealkylation sites (tertiary alicyclic amines) is 2. The van der Waals surface area contributed by atoms with Gasteiger partial charge in [0, 0.05) is 43.3 Å². The maximum Gasteiger partial charge on any atom is 0.234 e. The Hall–Kier alpha value is -1.79. The zero-order chi connectivity index (χ0) is 22.8. The van der Waals surface area contributed by atoms with Crippen molar-refractivity contribution in [2.24, 2.45) is 0 Å². The van der Waals surface area contributed by atoms with Gasteiger partial charge < -0.3 is 19.5 Å². The monoisotopic (exact) mass is 443 g/mol. The fourth-order valence-electron chi connectivity index (χ4n) is 5.93. The van der Waals surface area contributed by atoms with Gasteiger partial charge in [-0.1, -0.05) is 0 Å². The third-order valence-electron chi connectivity index (χ3n) is 7.79. The quantitative estimate of drug-likeness (QED) is 0.628. The molecule has 3 heterocycles. The van der Waals surface area contributed by atoms with E-state index in [1.54, 1.807) is 13.0 Å². The Labute approximate surface area is 191 Å². The van der Waals surface area contributed by atoms with Crippen LogP contribution < -0.4 is 4.90 Å². The van der Waals surface area contributed by atoms with Crippen molar-refractivity contribution in [2.75, 3.05) is 31.1 Å². The predicted octanol–water partition coefficient (Wildman–Crippen LogP) is 4.35. The molecule has 0 aliphatic carbocycles. The van der Waals surface area contributed by atoms with Crippen LogP contribution in [0.25, 0.3) is 0 Å². The molecular formula is C26H38FN3O2. The first-order valence-electron chi connectivity index (χ1n) is 12.4. The molecule has 1 unspecified atom stereocenters. The molecule has 176 valence electrons. The Kier molecular flexibility index (Phi) is 7.30. The van der Waals surface area contributed by atoms with Gasteiger partial charge in [-0.15, -0.1) is 0 Å². The summed E-state index contributed by atoms with van der Waals surface area (Å²) in [5, 5.41) is 0. The maximum absolute atomic E-state index is 14.0. The summed E-state index contributed by atoms with van der Waals surface area (Å²) in [4.78, 5) is 31.9. The Morgan fingerprint density at radius 3 is 2.34 bits per heavy atom. The van der Waals surface area contributed by atoms with Gasteiger partial charge >= 0.3 is 0 Å². The summed E-state index contributed by atoms with van der Waals surface area (Å²) < 4.78 is 14.0. The number of ketones is 1. The lowest BCUT2D eigenvalue weighted by Gasteiger charge is -2.44. The van der Waals surface area contributed by atoms with E-state index >= 15 is 0 Å². The predicted molar refractivity (Wildman–Crippen MR) is 125 cm³/mol. The molecule has 0 N–H and O–H groups in total. The smallest absolute Gasteiger partial charge is 0.234 e. The summed E-state index contributed by atoms with van der Waals surface area (Å²) in [6.07, 6.45) is 6.14. The van der Waals surface area contributed by atoms with E-state index in [4.69, 9.17) is 0 Å². The minimum atomic E-state index is -0.321. The van der Waals surface area contributed by atoms with Gasteiger partial charge in [-0.3, -0.25) is 4.79 Å². The molecule has 4 rings (SSSR count). The van der Waals surface area contributed by atoms with Crippen molar-refractivity contribution >= 4 is 17.4 Å². The normalized spacial score (nSPS) is 23.8. The molecule has 0 bridgehead atoms. The summed E-state index contributed by atoms with van der Waals surface area (Å²) in [5.74, 6) is -0.382. The summed E-state index contributed by atoms with van der Waals surface area (Å²) in [6, 6.07) is 6.23. The van der Waals surface area contributed by atoms with Crippen LogP contribution in [0.3, 0.4) is 0 Å². The zero-order valence-corrected chi connectivity index (χ0v) is 19.9. The van der Waals surface area contributed by atoms with E-state index in [-0.39, 0.29) is 29.5 Å². The third kappa shape index (κ3) is 4.91. The number of benzene rings is 1. The molecule has 5 nitrogen and oxygen atoms in total. The number of nitrogens with zero attached hydrogens (tertiary/aromatic N) is 3. The molecule has 3 aliphatic heterocycles. The van der Waals surface area contributed by atoms with Gasteiger partial charge in [-0.05, 0) is 96.1 Å². The standard InChI is InChI=1S/C26H38FN3O2/c1-18(2)28-13-9-21(10-14-28)29-15-11-22(12-16-29)30-25-8-7-20(27)17-24(25)23(26(30)32)6-4-5-19(3)31/h7-8,17-18,21-23H,4-6,9-16H2,1-3H3. The van der Waals surface area contributed by atoms with Gasteiger partial charge in [0.15, 0.2) is 0 Å². The van der Waals surface area contributed by atoms with Crippen molar-refractivity contribution in [1.82, 2.24) is 9.80 Å². The second-order valence-corrected chi connectivity index (χ2v) is 10.2. The van der Waals surface area contributed by atoms with Crippen molar-refractivity contribution in [3.8, 4) is 0 Å². The van der Waals surface area contributed by atoms with Crippen LogP contribution in [0.4, 0.5) is 10.1 Å². The lowest BCUT2D eigenvalue weighted by Crippen LogP contribution is -2.52. The van der Waals surface area contributed by atoms with Crippen molar-refractivity contribution in [3.05, 3.63) is 29.6 Å². The van der Waals surface area contributed by atoms with E-state index in [1.807, 2.05) is 4.90 Å². The lowest BCUT2D eigenvalue weighted by atomic mass is 9.94. The number of rotatable bonds is 7. The number of hydrogen-bond acceptors (Lipinski definition) is 4. The molecule has 0 saturated carbocycles. The van der Waals surface area contributed by atoms with Gasteiger partial charge in [0.05, 0.1) is 5.92 Å². The van der Waals surface area contributed by atoms with Crippen LogP contribution >= 0.6 is 0 Å². The summed E-state index contributed by atoms with van der Waals surface area (Å²) >= 11 is 0. The SMILES string of the molecule is CC(=O)CCCC1C(=O)N(C2CCN(C3CCN(C(C)C)CC3)CC2)c2ccc(F)cc21. The zero-order valence-electron chi connectivity index (χ0n) is 19.9. The van der Waals surface area contributed by atoms with E-state index in [1.165, 1.54) is 38.1 Å². The van der Waals surface area contributed by atoms with Crippen LogP contribution in [0.1, 0.15) is 77.2 Å². The number of amides is 1. The molecular weight excluding hydrogens is 405 g/mol. The first kappa shape index (κ1) is 23.4. The molecule has 1 aromatic rings. The molecule has 3 aliphatic rings. The first-order valence-corrected chi connectivity index (χ1v) is 12.4. The Morgan fingerprint density at radius 1 is 1.06 bits per heavy atom. The number of piperidine rings is 2. The Balaban J connectivity index is 1.40. The van der Waals surface area contributed by atoms with Gasteiger partial charge in [0.2, 0.25) is 5.91 Å². The largest absolute Gasteiger partial charge is 0.308 e. The van der Waals surface area contributed by atoms with Crippen LogP contribution in [-0.2, 0) is 9.59 Å². The van der Waals surface area contributed by atoms with Crippen LogP contribution in [-0.4, -0.2) is 65.8 Å². The number of carbonyl (C=O) groups excluding carboxylic acids is 2. The molecule has 0 radical (unpaired) electrons. The molecule has 0 spiro atoms. The molecule has 6 heteroatoms. The van der Waals surface area contributed by atoms with Gasteiger partial charge in [0.25, 0.3) is 0 Å². The summed E-state index contributed by atoms with van der Waals surface area (Å²) in [6.45, 7) is 10.5. The highest BCUT2D eigenvalue weighted by atomic mass is 19.1. The van der Waals surface area contributed by atoms with Gasteiger partial charge in [0.1, 0.15) is 11.6 Å². The lowest BCUT2D eigenvalue weighted by molar-refractivity contribution is -0.121. The van der Waals surface area contributed by atoms with Crippen LogP contribution in [0.2, 0.25) is 0 Å². The minimum Gasteiger partial charge on any atom is -0.308 e. The maximum atomic E-state index is 14.0. The Bertz CT molecular complexity index is 826. The number of anilines is 1. The minimum absolute atomic E-state index is 0.0952. The van der Waals surface area contributed by atoms with Gasteiger partial charge in [-0.25, -0.2) is 4.39 Å². The summed E-state index contributed by atoms with van der Waals surface area (Å²) in [7, 11) is 0. The van der Waals surface area contributed by atoms with Crippen LogP contribution in [0, 0.1) is 5.82 Å². The number of Topliss-reactive ketones (excluding diaryl/α,β-unsaturated/α-hetero) is 1. The fourth-order valence-corrected chi connectivity index (χ4v) is 5.93. The number of halogens is 1. The number of carbonyl (C=O) groups is 2. The van der Waals surface area contributed by atoms with E-state index in [0.717, 1.165) is 37.2 Å². The molecule has 1 atom stereocenters. The van der Waals surface area contributed by atoms with Crippen LogP contribution in [0.5, 0.6) is 0 Å². The molecule has 0 aromatic heterocycles. The van der Waals surface area contributed by atoms with Gasteiger partial charge in [-0.2, -0.15) is 0 Å². The van der Waals surface area contributed by atoms with E-state index in [0.29, 0.717) is 31.3 Å². The third-order valence-corrected chi connectivity index (χ3v) is 7.79. The van der Waals surface area contributed by atoms with Crippen molar-refractivity contribution in [3.63, 3.8) is 0 Å². The van der Waals surface area contributed by atoms with Crippen molar-refractivity contribution < 1.29 is 14.0 Å². The number of hydrogen-bond donors (Lipinski definition) is 0. The molecule has 2 saturated heterocycles. The van der Waals surface area contributed by atoms with Crippen molar-refractivity contribution in [2.45, 2.75) is 89.8 Å². The topological polar surface area (TPSA) is 43.9 Å². The molecule has 1 amide bonds. The van der Waals surface area contributed by atoms with E-state index < -0.39 is 0 Å². The average molecular weight is 444 g/mol. The fraction of sp³-hybridized carbons (Fsp3) is 0.692. The first-order chi connectivity index (χ1) is 15.3. The average Bonchev–Trinajstić information content (AvgIpc) is 3.04. The second-order valence-electron chi connectivity index (χ2n) is 10.2. The van der Waals surface area contributed by atoms with E-state index in [2.05, 4.69) is 23.6 Å². The molecule has 32 heavy (non-hydrogen) atoms. The van der Waals surface area contributed by atoms with Crippen molar-refractivity contribution in [1.29, 1.82) is 0 Å². The number of fused-ring (bicyclic) bond motifs is 1. The summed E-state index contributed by atoms with van der Waals surface area (Å²) in [5.41, 5.74) is 1.69. The van der Waals surface area contributed by atoms with Crippen LogP contribution in [0.15, 0.2) is 18.2 Å². The highest BCUT2D eigenvalue weighted by Crippen LogP contribution is 2.43. The molecule has 1 aromatic carbocycles. The second kappa shape index (κ2) is 10.0. The highest BCUT2D eigenvalue weighted by Gasteiger charge is 2.42.